The first-order valence-electron chi connectivity index (χ1n) is 20.3. The Bertz CT molecular complexity index is 1250. The number of hydrogen-bond donors (Lipinski definition) is 2. The van der Waals surface area contributed by atoms with E-state index < -0.39 is 17.8 Å². The molecular weight excluding hydrogens is 618 g/mol. The van der Waals surface area contributed by atoms with Crippen molar-refractivity contribution in [1.29, 1.82) is 0 Å². The molecule has 0 amide bonds. The fourth-order valence-electron chi connectivity index (χ4n) is 14.5. The summed E-state index contributed by atoms with van der Waals surface area (Å²) in [6, 6.07) is 0.521. The molecule has 5 aliphatic carbocycles. The van der Waals surface area contributed by atoms with Crippen LogP contribution in [0.2, 0.25) is 0 Å². The molecule has 0 aromatic heterocycles. The lowest BCUT2D eigenvalue weighted by atomic mass is 9.41. The van der Waals surface area contributed by atoms with Gasteiger partial charge in [-0.2, -0.15) is 0 Å². The molecule has 3 aliphatic heterocycles. The predicted octanol–water partition coefficient (Wildman–Crippen LogP) is 6.05. The summed E-state index contributed by atoms with van der Waals surface area (Å²) in [5.74, 6) is 2.20. The van der Waals surface area contributed by atoms with Gasteiger partial charge >= 0.3 is 0 Å². The van der Waals surface area contributed by atoms with Crippen molar-refractivity contribution in [3.63, 3.8) is 0 Å². The third-order valence-electron chi connectivity index (χ3n) is 16.9. The number of nitrogens with zero attached hydrogens (tertiary/aromatic N) is 1. The standard InChI is InChI=1S/C41H69NO7/c1-24(2)20-47-35(37(6,7)44)27-18-25(3)32-33(48-27)34(43)39(9)29-11-10-28-36(4,5)30(49-31-19-42(16-17-46-31)26-21-45-22-26)12-13-40(28)23-41(29,40)15-14-38(32,39)8/h24-35,43-44H,10-23H2,1-9H3/t25-,27?,28+,29?,30?,31+,32+,33?,34+,35+,38-,39-,40-,41+/m1/s1. The summed E-state index contributed by atoms with van der Waals surface area (Å²) in [6.07, 6.45) is 8.03. The maximum absolute atomic E-state index is 12.7. The Labute approximate surface area is 296 Å². The number of hydrogen-bond acceptors (Lipinski definition) is 8. The summed E-state index contributed by atoms with van der Waals surface area (Å²) in [4.78, 5) is 2.51. The van der Waals surface area contributed by atoms with Gasteiger partial charge in [0.05, 0.1) is 62.4 Å². The SMILES string of the molecule is CC(C)CO[C@@H](C1C[C@@H](C)[C@H]2C(O1)[C@H](O)[C@@]1(C)C3CC[C@H]4C(C)(C)C(O[C@H]5CN(C6COC6)CCO5)CC[C@@]45C[C@@]35CC[C@]21C)C(C)(C)O. The van der Waals surface area contributed by atoms with Crippen LogP contribution in [0.25, 0.3) is 0 Å². The molecule has 8 rings (SSSR count). The first-order chi connectivity index (χ1) is 23.0. The van der Waals surface area contributed by atoms with Crippen LogP contribution in [0, 0.1) is 56.7 Å². The van der Waals surface area contributed by atoms with E-state index in [0.717, 1.165) is 45.8 Å². The lowest BCUT2D eigenvalue weighted by Gasteiger charge is -2.64. The van der Waals surface area contributed by atoms with Crippen molar-refractivity contribution in [2.24, 2.45) is 56.7 Å². The zero-order valence-electron chi connectivity index (χ0n) is 32.2. The molecule has 2 spiro atoms. The average Bonchev–Trinajstić information content (AvgIpc) is 3.62. The fourth-order valence-corrected chi connectivity index (χ4v) is 14.5. The Kier molecular flexibility index (Phi) is 8.62. The first kappa shape index (κ1) is 35.7. The highest BCUT2D eigenvalue weighted by atomic mass is 16.7. The van der Waals surface area contributed by atoms with E-state index in [2.05, 4.69) is 53.4 Å². The van der Waals surface area contributed by atoms with Gasteiger partial charge in [-0.15, -0.1) is 0 Å². The molecule has 0 aromatic rings. The topological polar surface area (TPSA) is 89.9 Å². The van der Waals surface area contributed by atoms with Gasteiger partial charge in [-0.1, -0.05) is 48.5 Å². The van der Waals surface area contributed by atoms with Crippen LogP contribution >= 0.6 is 0 Å². The minimum absolute atomic E-state index is 0.0164. The average molecular weight is 688 g/mol. The van der Waals surface area contributed by atoms with E-state index in [1.807, 2.05) is 13.8 Å². The molecule has 49 heavy (non-hydrogen) atoms. The smallest absolute Gasteiger partial charge is 0.170 e. The van der Waals surface area contributed by atoms with Crippen molar-refractivity contribution in [2.75, 3.05) is 39.5 Å². The van der Waals surface area contributed by atoms with E-state index in [0.29, 0.717) is 53.1 Å². The number of aliphatic hydroxyl groups is 2. The lowest BCUT2D eigenvalue weighted by Crippen LogP contribution is -2.60. The van der Waals surface area contributed by atoms with Crippen LogP contribution in [0.5, 0.6) is 0 Å². The fraction of sp³-hybridized carbons (Fsp3) is 1.00. The van der Waals surface area contributed by atoms with E-state index in [4.69, 9.17) is 23.7 Å². The number of morpholine rings is 1. The van der Waals surface area contributed by atoms with Crippen molar-refractivity contribution in [1.82, 2.24) is 4.90 Å². The molecule has 2 N–H and O–H groups in total. The normalized spacial score (nSPS) is 51.6. The van der Waals surface area contributed by atoms with E-state index >= 15 is 0 Å². The van der Waals surface area contributed by atoms with E-state index in [1.54, 1.807) is 0 Å². The van der Waals surface area contributed by atoms with Crippen LogP contribution in [-0.4, -0.2) is 103 Å². The zero-order chi connectivity index (χ0) is 34.9. The molecule has 0 aromatic carbocycles. The third kappa shape index (κ3) is 5.03. The molecule has 280 valence electrons. The Morgan fingerprint density at radius 1 is 0.980 bits per heavy atom. The van der Waals surface area contributed by atoms with Gasteiger partial charge in [0.2, 0.25) is 0 Å². The van der Waals surface area contributed by atoms with Crippen molar-refractivity contribution < 1.29 is 33.9 Å². The van der Waals surface area contributed by atoms with E-state index in [1.165, 1.54) is 38.5 Å². The van der Waals surface area contributed by atoms with Gasteiger partial charge in [0.1, 0.15) is 6.10 Å². The maximum Gasteiger partial charge on any atom is 0.170 e. The largest absolute Gasteiger partial charge is 0.390 e. The first-order valence-corrected chi connectivity index (χ1v) is 20.3. The highest BCUT2D eigenvalue weighted by molar-refractivity contribution is 5.33. The van der Waals surface area contributed by atoms with E-state index in [9.17, 15) is 10.2 Å². The second kappa shape index (κ2) is 11.8. The van der Waals surface area contributed by atoms with Gasteiger partial charge in [0, 0.05) is 18.6 Å². The maximum atomic E-state index is 12.7. The second-order valence-corrected chi connectivity index (χ2v) is 20.5. The molecule has 0 radical (unpaired) electrons. The van der Waals surface area contributed by atoms with Gasteiger partial charge < -0.3 is 33.9 Å². The monoisotopic (exact) mass is 688 g/mol. The van der Waals surface area contributed by atoms with Crippen LogP contribution in [0.15, 0.2) is 0 Å². The summed E-state index contributed by atoms with van der Waals surface area (Å²) < 4.78 is 32.1. The number of ether oxygens (including phenoxy) is 5. The summed E-state index contributed by atoms with van der Waals surface area (Å²) in [5, 5.41) is 23.9. The second-order valence-electron chi connectivity index (χ2n) is 20.5. The molecule has 8 nitrogen and oxygen atoms in total. The summed E-state index contributed by atoms with van der Waals surface area (Å²) in [6.45, 7) is 25.2. The van der Waals surface area contributed by atoms with Crippen molar-refractivity contribution in [3.05, 3.63) is 0 Å². The van der Waals surface area contributed by atoms with Crippen LogP contribution in [0.3, 0.4) is 0 Å². The minimum Gasteiger partial charge on any atom is -0.390 e. The Hall–Kier alpha value is -0.320. The molecule has 5 saturated carbocycles. The number of aliphatic hydroxyl groups excluding tert-OH is 1. The summed E-state index contributed by atoms with van der Waals surface area (Å²) in [5.41, 5.74) is -0.476. The zero-order valence-corrected chi connectivity index (χ0v) is 32.2. The Balaban J connectivity index is 1.02. The van der Waals surface area contributed by atoms with Gasteiger partial charge in [-0.25, -0.2) is 0 Å². The molecule has 3 saturated heterocycles. The molecule has 8 aliphatic rings. The van der Waals surface area contributed by atoms with Crippen LogP contribution < -0.4 is 0 Å². The number of fused-ring (bicyclic) bond motifs is 4. The van der Waals surface area contributed by atoms with Crippen LogP contribution in [0.4, 0.5) is 0 Å². The molecular formula is C41H69NO7. The Morgan fingerprint density at radius 3 is 2.37 bits per heavy atom. The van der Waals surface area contributed by atoms with Crippen LogP contribution in [-0.2, 0) is 23.7 Å². The van der Waals surface area contributed by atoms with Crippen LogP contribution in [0.1, 0.15) is 114 Å². The van der Waals surface area contributed by atoms with Gasteiger partial charge in [-0.05, 0) is 116 Å². The summed E-state index contributed by atoms with van der Waals surface area (Å²) in [7, 11) is 0. The minimum atomic E-state index is -1.03. The molecule has 14 atom stereocenters. The van der Waals surface area contributed by atoms with Crippen molar-refractivity contribution >= 4 is 0 Å². The molecule has 4 unspecified atom stereocenters. The quantitative estimate of drug-likeness (QED) is 0.319. The molecule has 8 fully saturated rings. The van der Waals surface area contributed by atoms with Crippen molar-refractivity contribution in [3.8, 4) is 0 Å². The highest BCUT2D eigenvalue weighted by Gasteiger charge is 2.84. The summed E-state index contributed by atoms with van der Waals surface area (Å²) >= 11 is 0. The van der Waals surface area contributed by atoms with Gasteiger partial charge in [0.15, 0.2) is 6.29 Å². The lowest BCUT2D eigenvalue weighted by molar-refractivity contribution is -0.256. The van der Waals surface area contributed by atoms with E-state index in [-0.39, 0.29) is 40.8 Å². The molecule has 8 heteroatoms. The van der Waals surface area contributed by atoms with Gasteiger partial charge in [-0.3, -0.25) is 4.90 Å². The third-order valence-corrected chi connectivity index (χ3v) is 16.9. The van der Waals surface area contributed by atoms with Gasteiger partial charge in [0.25, 0.3) is 0 Å². The highest BCUT2D eigenvalue weighted by Crippen LogP contribution is 2.89. The molecule has 3 heterocycles. The number of rotatable bonds is 8. The molecule has 0 bridgehead atoms. The Morgan fingerprint density at radius 2 is 1.69 bits per heavy atom. The van der Waals surface area contributed by atoms with Crippen molar-refractivity contribution in [2.45, 2.75) is 162 Å². The predicted molar refractivity (Wildman–Crippen MR) is 188 cm³/mol.